The lowest BCUT2D eigenvalue weighted by Gasteiger charge is -2.11. The van der Waals surface area contributed by atoms with Crippen molar-refractivity contribution in [3.05, 3.63) is 53.0 Å². The van der Waals surface area contributed by atoms with Crippen molar-refractivity contribution in [3.63, 3.8) is 0 Å². The molecule has 3 nitrogen and oxygen atoms in total. The van der Waals surface area contributed by atoms with E-state index in [1.165, 1.54) is 5.56 Å². The predicted molar refractivity (Wildman–Crippen MR) is 79.5 cm³/mol. The fourth-order valence-corrected chi connectivity index (χ4v) is 2.04. The topological polar surface area (TPSA) is 37.8 Å². The molecule has 3 heteroatoms. The van der Waals surface area contributed by atoms with Crippen molar-refractivity contribution in [1.29, 1.82) is 0 Å². The van der Waals surface area contributed by atoms with Crippen LogP contribution in [0.15, 0.2) is 30.3 Å². The highest BCUT2D eigenvalue weighted by atomic mass is 15.0. The van der Waals surface area contributed by atoms with Crippen LogP contribution in [0, 0.1) is 13.8 Å². The summed E-state index contributed by atoms with van der Waals surface area (Å²) in [5, 5.41) is 3.30. The lowest BCUT2D eigenvalue weighted by atomic mass is 10.1. The van der Waals surface area contributed by atoms with Crippen LogP contribution >= 0.6 is 0 Å². The first-order valence-corrected chi connectivity index (χ1v) is 6.82. The average Bonchev–Trinajstić information content (AvgIpc) is 2.43. The van der Waals surface area contributed by atoms with Crippen molar-refractivity contribution < 1.29 is 0 Å². The SMILES string of the molecule is CCNc1nc(CCc2ccccc2)nc(C)c1C. The molecule has 0 aliphatic carbocycles. The lowest BCUT2D eigenvalue weighted by molar-refractivity contribution is 0.840. The van der Waals surface area contributed by atoms with E-state index in [-0.39, 0.29) is 0 Å². The van der Waals surface area contributed by atoms with Gasteiger partial charge in [0.1, 0.15) is 11.6 Å². The molecule has 1 aromatic carbocycles. The highest BCUT2D eigenvalue weighted by Gasteiger charge is 2.07. The molecule has 0 unspecified atom stereocenters. The largest absolute Gasteiger partial charge is 0.370 e. The van der Waals surface area contributed by atoms with E-state index in [1.807, 2.05) is 13.0 Å². The number of anilines is 1. The Hall–Kier alpha value is -1.90. The van der Waals surface area contributed by atoms with Gasteiger partial charge in [0.15, 0.2) is 0 Å². The van der Waals surface area contributed by atoms with Gasteiger partial charge in [0.2, 0.25) is 0 Å². The van der Waals surface area contributed by atoms with E-state index < -0.39 is 0 Å². The van der Waals surface area contributed by atoms with Crippen molar-refractivity contribution in [2.24, 2.45) is 0 Å². The maximum atomic E-state index is 4.62. The second-order valence-electron chi connectivity index (χ2n) is 4.71. The van der Waals surface area contributed by atoms with Crippen LogP contribution in [-0.4, -0.2) is 16.5 Å². The maximum absolute atomic E-state index is 4.62. The molecule has 0 aliphatic heterocycles. The quantitative estimate of drug-likeness (QED) is 0.890. The molecule has 19 heavy (non-hydrogen) atoms. The molecule has 0 amide bonds. The minimum absolute atomic E-state index is 0.878. The number of nitrogens with one attached hydrogen (secondary N) is 1. The summed E-state index contributed by atoms with van der Waals surface area (Å²) in [7, 11) is 0. The van der Waals surface area contributed by atoms with Gasteiger partial charge in [-0.25, -0.2) is 9.97 Å². The Kier molecular flexibility index (Phi) is 4.50. The Morgan fingerprint density at radius 2 is 1.74 bits per heavy atom. The molecule has 2 aromatic rings. The lowest BCUT2D eigenvalue weighted by Crippen LogP contribution is -2.08. The van der Waals surface area contributed by atoms with Gasteiger partial charge in [-0.1, -0.05) is 30.3 Å². The molecule has 0 saturated carbocycles. The van der Waals surface area contributed by atoms with E-state index in [4.69, 9.17) is 0 Å². The predicted octanol–water partition coefficient (Wildman–Crippen LogP) is 3.31. The number of rotatable bonds is 5. The van der Waals surface area contributed by atoms with E-state index in [9.17, 15) is 0 Å². The molecule has 0 spiro atoms. The van der Waals surface area contributed by atoms with Crippen molar-refractivity contribution in [2.45, 2.75) is 33.6 Å². The summed E-state index contributed by atoms with van der Waals surface area (Å²) >= 11 is 0. The minimum Gasteiger partial charge on any atom is -0.370 e. The number of hydrogen-bond donors (Lipinski definition) is 1. The summed E-state index contributed by atoms with van der Waals surface area (Å²) in [6, 6.07) is 10.5. The molecular formula is C16H21N3. The highest BCUT2D eigenvalue weighted by molar-refractivity contribution is 5.45. The molecule has 0 saturated heterocycles. The number of aryl methyl sites for hydroxylation is 3. The van der Waals surface area contributed by atoms with Crippen molar-refractivity contribution in [3.8, 4) is 0 Å². The minimum atomic E-state index is 0.878. The third-order valence-corrected chi connectivity index (χ3v) is 3.26. The zero-order valence-electron chi connectivity index (χ0n) is 11.9. The Morgan fingerprint density at radius 3 is 2.42 bits per heavy atom. The molecular weight excluding hydrogens is 234 g/mol. The second-order valence-corrected chi connectivity index (χ2v) is 4.71. The zero-order chi connectivity index (χ0) is 13.7. The van der Waals surface area contributed by atoms with Gasteiger partial charge in [-0.2, -0.15) is 0 Å². The smallest absolute Gasteiger partial charge is 0.132 e. The van der Waals surface area contributed by atoms with Gasteiger partial charge in [-0.05, 0) is 32.8 Å². The van der Waals surface area contributed by atoms with Crippen LogP contribution in [0.2, 0.25) is 0 Å². The molecule has 0 atom stereocenters. The average molecular weight is 255 g/mol. The van der Waals surface area contributed by atoms with Crippen LogP contribution in [0.4, 0.5) is 5.82 Å². The van der Waals surface area contributed by atoms with Crippen LogP contribution in [-0.2, 0) is 12.8 Å². The maximum Gasteiger partial charge on any atom is 0.132 e. The number of aromatic nitrogens is 2. The summed E-state index contributed by atoms with van der Waals surface area (Å²) in [6.07, 6.45) is 1.86. The van der Waals surface area contributed by atoms with Gasteiger partial charge >= 0.3 is 0 Å². The summed E-state index contributed by atoms with van der Waals surface area (Å²) in [4.78, 5) is 9.20. The van der Waals surface area contributed by atoms with Gasteiger partial charge in [-0.15, -0.1) is 0 Å². The van der Waals surface area contributed by atoms with Gasteiger partial charge < -0.3 is 5.32 Å². The molecule has 0 fully saturated rings. The van der Waals surface area contributed by atoms with Gasteiger partial charge in [0, 0.05) is 24.2 Å². The van der Waals surface area contributed by atoms with E-state index >= 15 is 0 Å². The number of nitrogens with zero attached hydrogens (tertiary/aromatic N) is 2. The van der Waals surface area contributed by atoms with Crippen LogP contribution in [0.25, 0.3) is 0 Å². The van der Waals surface area contributed by atoms with Crippen molar-refractivity contribution in [1.82, 2.24) is 9.97 Å². The second kappa shape index (κ2) is 6.32. The molecule has 2 rings (SSSR count). The molecule has 0 radical (unpaired) electrons. The van der Waals surface area contributed by atoms with Crippen molar-refractivity contribution >= 4 is 5.82 Å². The molecule has 0 bridgehead atoms. The third-order valence-electron chi connectivity index (χ3n) is 3.26. The van der Waals surface area contributed by atoms with Gasteiger partial charge in [0.05, 0.1) is 0 Å². The molecule has 1 N–H and O–H groups in total. The van der Waals surface area contributed by atoms with Crippen LogP contribution < -0.4 is 5.32 Å². The summed E-state index contributed by atoms with van der Waals surface area (Å²) < 4.78 is 0. The van der Waals surface area contributed by atoms with E-state index in [0.717, 1.165) is 42.3 Å². The van der Waals surface area contributed by atoms with Crippen LogP contribution in [0.1, 0.15) is 29.6 Å². The van der Waals surface area contributed by atoms with E-state index in [0.29, 0.717) is 0 Å². The Labute approximate surface area is 115 Å². The number of benzene rings is 1. The number of hydrogen-bond acceptors (Lipinski definition) is 3. The van der Waals surface area contributed by atoms with Gasteiger partial charge in [-0.3, -0.25) is 0 Å². The molecule has 1 aromatic heterocycles. The first-order valence-electron chi connectivity index (χ1n) is 6.82. The monoisotopic (exact) mass is 255 g/mol. The first-order chi connectivity index (χ1) is 9.20. The standard InChI is InChI=1S/C16H21N3/c1-4-17-16-12(2)13(3)18-15(19-16)11-10-14-8-6-5-7-9-14/h5-9H,4,10-11H2,1-3H3,(H,17,18,19). The first kappa shape index (κ1) is 13.5. The van der Waals surface area contributed by atoms with Crippen molar-refractivity contribution in [2.75, 3.05) is 11.9 Å². The summed E-state index contributed by atoms with van der Waals surface area (Å²) in [6.45, 7) is 7.08. The van der Waals surface area contributed by atoms with Gasteiger partial charge in [0.25, 0.3) is 0 Å². The summed E-state index contributed by atoms with van der Waals surface area (Å²) in [5.74, 6) is 1.89. The molecule has 0 aliphatic rings. The fraction of sp³-hybridized carbons (Fsp3) is 0.375. The molecule has 100 valence electrons. The van der Waals surface area contributed by atoms with Crippen LogP contribution in [0.3, 0.4) is 0 Å². The zero-order valence-corrected chi connectivity index (χ0v) is 11.9. The van der Waals surface area contributed by atoms with E-state index in [2.05, 4.69) is 53.4 Å². The third kappa shape index (κ3) is 3.53. The Bertz CT molecular complexity index is 535. The fourth-order valence-electron chi connectivity index (χ4n) is 2.04. The Balaban J connectivity index is 2.12. The summed E-state index contributed by atoms with van der Waals surface area (Å²) in [5.41, 5.74) is 3.54. The normalized spacial score (nSPS) is 10.5. The Morgan fingerprint density at radius 1 is 1.00 bits per heavy atom. The molecule has 1 heterocycles. The van der Waals surface area contributed by atoms with Crippen LogP contribution in [0.5, 0.6) is 0 Å². The highest BCUT2D eigenvalue weighted by Crippen LogP contribution is 2.15. The van der Waals surface area contributed by atoms with E-state index in [1.54, 1.807) is 0 Å².